The number of hydrogen-bond acceptors (Lipinski definition) is 21. The minimum absolute atomic E-state index is 0.0233. The number of fused-ring (bicyclic) bond motifs is 5. The molecule has 0 aromatic rings. The van der Waals surface area contributed by atoms with Crippen LogP contribution < -0.4 is 0 Å². The number of ether oxygens (including phenoxy) is 9. The molecule has 386 valence electrons. The van der Waals surface area contributed by atoms with Crippen LogP contribution in [0.15, 0.2) is 11.6 Å². The maximum Gasteiger partial charge on any atom is 0.187 e. The molecule has 4 aliphatic heterocycles. The molecule has 0 radical (unpaired) electrons. The summed E-state index contributed by atoms with van der Waals surface area (Å²) in [6.07, 6.45) is -21.1. The first-order valence-electron chi connectivity index (χ1n) is 24.2. The summed E-state index contributed by atoms with van der Waals surface area (Å²) in [5.74, 6) is 1.73. The highest BCUT2D eigenvalue weighted by atomic mass is 16.8. The second-order valence-corrected chi connectivity index (χ2v) is 21.1. The van der Waals surface area contributed by atoms with Gasteiger partial charge in [-0.15, -0.1) is 0 Å². The number of aliphatic hydroxyl groups is 12. The maximum atomic E-state index is 11.3. The minimum Gasteiger partial charge on any atom is -0.394 e. The predicted octanol–water partition coefficient (Wildman–Crippen LogP) is -2.71. The van der Waals surface area contributed by atoms with Crippen LogP contribution in [0.1, 0.15) is 79.1 Å². The second-order valence-electron chi connectivity index (χ2n) is 21.1. The fourth-order valence-corrected chi connectivity index (χ4v) is 13.4. The molecule has 8 rings (SSSR count). The summed E-state index contributed by atoms with van der Waals surface area (Å²) in [7, 11) is 1.39. The molecule has 12 N–H and O–H groups in total. The highest BCUT2D eigenvalue weighted by Gasteiger charge is 2.61. The zero-order valence-corrected chi connectivity index (χ0v) is 38.9. The molecular weight excluding hydrogens is 888 g/mol. The first kappa shape index (κ1) is 52.2. The molecule has 0 aromatic heterocycles. The molecule has 28 atom stereocenters. The second kappa shape index (κ2) is 20.8. The molecule has 4 aliphatic carbocycles. The molecule has 21 heteroatoms. The van der Waals surface area contributed by atoms with Crippen molar-refractivity contribution in [3.8, 4) is 0 Å². The van der Waals surface area contributed by atoms with Gasteiger partial charge in [0.2, 0.25) is 0 Å². The van der Waals surface area contributed by atoms with Gasteiger partial charge in [0.1, 0.15) is 91.6 Å². The number of aliphatic hydroxyl groups excluding tert-OH is 12. The summed E-state index contributed by atoms with van der Waals surface area (Å²) in [6.45, 7) is 6.53. The zero-order chi connectivity index (χ0) is 48.4. The van der Waals surface area contributed by atoms with Crippen LogP contribution in [-0.2, 0) is 42.6 Å². The van der Waals surface area contributed by atoms with Gasteiger partial charge < -0.3 is 104 Å². The highest BCUT2D eigenvalue weighted by Crippen LogP contribution is 2.67. The number of rotatable bonds is 13. The van der Waals surface area contributed by atoms with Crippen molar-refractivity contribution in [2.75, 3.05) is 26.9 Å². The Morgan fingerprint density at radius 2 is 1.19 bits per heavy atom. The molecule has 0 amide bonds. The van der Waals surface area contributed by atoms with Crippen molar-refractivity contribution >= 4 is 0 Å². The fraction of sp³-hybridized carbons (Fsp3) is 0.957. The van der Waals surface area contributed by atoms with Gasteiger partial charge in [0, 0.05) is 7.11 Å². The average Bonchev–Trinajstić information content (AvgIpc) is 3.67. The molecule has 0 aromatic carbocycles. The molecule has 4 heterocycles. The fourth-order valence-electron chi connectivity index (χ4n) is 13.4. The quantitative estimate of drug-likeness (QED) is 0.0835. The lowest BCUT2D eigenvalue weighted by Crippen LogP contribution is -2.65. The Hall–Kier alpha value is -1.10. The largest absolute Gasteiger partial charge is 0.394 e. The smallest absolute Gasteiger partial charge is 0.187 e. The summed E-state index contributed by atoms with van der Waals surface area (Å²) in [5, 5.41) is 127. The third-order valence-corrected chi connectivity index (χ3v) is 17.4. The van der Waals surface area contributed by atoms with E-state index in [9.17, 15) is 61.3 Å². The molecule has 21 nitrogen and oxygen atoms in total. The lowest BCUT2D eigenvalue weighted by atomic mass is 9.47. The number of methoxy groups -OCH3 is 1. The van der Waals surface area contributed by atoms with Crippen LogP contribution >= 0.6 is 0 Å². The highest BCUT2D eigenvalue weighted by molar-refractivity contribution is 5.25. The van der Waals surface area contributed by atoms with E-state index in [0.29, 0.717) is 17.8 Å². The van der Waals surface area contributed by atoms with E-state index >= 15 is 0 Å². The summed E-state index contributed by atoms with van der Waals surface area (Å²) in [5.41, 5.74) is 1.51. The van der Waals surface area contributed by atoms with Gasteiger partial charge in [0.15, 0.2) is 25.2 Å². The molecule has 4 saturated heterocycles. The Morgan fingerprint density at radius 1 is 0.627 bits per heavy atom. The molecule has 67 heavy (non-hydrogen) atoms. The first-order chi connectivity index (χ1) is 31.7. The van der Waals surface area contributed by atoms with E-state index in [1.165, 1.54) is 12.7 Å². The maximum absolute atomic E-state index is 11.3. The van der Waals surface area contributed by atoms with E-state index in [0.717, 1.165) is 51.4 Å². The van der Waals surface area contributed by atoms with E-state index in [1.54, 1.807) is 6.92 Å². The molecular formula is C46H76O21. The number of allylic oxidation sites excluding steroid dienone is 1. The van der Waals surface area contributed by atoms with Crippen LogP contribution in [0.4, 0.5) is 0 Å². The van der Waals surface area contributed by atoms with E-state index in [2.05, 4.69) is 19.9 Å². The van der Waals surface area contributed by atoms with Crippen molar-refractivity contribution in [2.24, 2.45) is 34.5 Å². The molecule has 0 bridgehead atoms. The third-order valence-electron chi connectivity index (χ3n) is 17.4. The monoisotopic (exact) mass is 964 g/mol. The van der Waals surface area contributed by atoms with E-state index in [4.69, 9.17) is 42.6 Å². The Bertz CT molecular complexity index is 1680. The van der Waals surface area contributed by atoms with Crippen molar-refractivity contribution in [3.05, 3.63) is 11.6 Å². The van der Waals surface area contributed by atoms with Crippen molar-refractivity contribution in [1.29, 1.82) is 0 Å². The van der Waals surface area contributed by atoms with Crippen molar-refractivity contribution in [1.82, 2.24) is 0 Å². The van der Waals surface area contributed by atoms with Crippen molar-refractivity contribution in [3.63, 3.8) is 0 Å². The third kappa shape index (κ3) is 9.68. The predicted molar refractivity (Wildman–Crippen MR) is 227 cm³/mol. The molecule has 0 spiro atoms. The first-order valence-corrected chi connectivity index (χ1v) is 24.2. The lowest BCUT2D eigenvalue weighted by Gasteiger charge is -2.58. The zero-order valence-electron chi connectivity index (χ0n) is 38.9. The van der Waals surface area contributed by atoms with E-state index in [1.807, 2.05) is 6.92 Å². The van der Waals surface area contributed by atoms with Crippen LogP contribution in [0.5, 0.6) is 0 Å². The van der Waals surface area contributed by atoms with Gasteiger partial charge in [-0.05, 0) is 99.7 Å². The van der Waals surface area contributed by atoms with Gasteiger partial charge in [0.25, 0.3) is 0 Å². The van der Waals surface area contributed by atoms with E-state index < -0.39 is 143 Å². The SMILES string of the molecule is COC1C(O)C(C)OC(OC(C)C2CCC3C4CC=C5CC(O)CCC5(C)C4CCC23C)C1OC1OC(COC2OC(COC3OC(CO)C(O)C(O)C3O)C(O)C(O)C2O)C(O)C(O)C1O. The Kier molecular flexibility index (Phi) is 16.2. The summed E-state index contributed by atoms with van der Waals surface area (Å²) < 4.78 is 53.4. The number of hydrogen-bond donors (Lipinski definition) is 12. The van der Waals surface area contributed by atoms with Gasteiger partial charge >= 0.3 is 0 Å². The van der Waals surface area contributed by atoms with Crippen LogP contribution in [0.25, 0.3) is 0 Å². The van der Waals surface area contributed by atoms with E-state index in [-0.39, 0.29) is 29.0 Å². The standard InChI is InChI=1S/C46H76O21/c1-18(23-8-9-24-22-7-6-20-14-21(48)10-12-45(20,3)25(22)11-13-46(23,24)4)62-44-40(39(59-5)29(49)19(2)63-44)67-43-38(58)35(55)32(52)28(66-43)17-61-42-37(57)34(54)31(51)27(65-42)16-60-41-36(56)33(53)30(50)26(15-47)64-41/h6,18-19,21-44,47-58H,7-17H2,1-5H3. The van der Waals surface area contributed by atoms with Crippen LogP contribution in [0, 0.1) is 34.5 Å². The Morgan fingerprint density at radius 3 is 1.79 bits per heavy atom. The van der Waals surface area contributed by atoms with Crippen LogP contribution in [0.2, 0.25) is 0 Å². The Balaban J connectivity index is 0.920. The molecule has 3 saturated carbocycles. The lowest BCUT2D eigenvalue weighted by molar-refractivity contribution is -0.377. The molecule has 8 aliphatic rings. The molecule has 7 fully saturated rings. The van der Waals surface area contributed by atoms with Gasteiger partial charge in [-0.1, -0.05) is 25.5 Å². The Labute approximate surface area is 390 Å². The molecule has 28 unspecified atom stereocenters. The van der Waals surface area contributed by atoms with Gasteiger partial charge in [-0.3, -0.25) is 0 Å². The normalized spacial score (nSPS) is 54.1. The summed E-state index contributed by atoms with van der Waals surface area (Å²) in [6, 6.07) is 0. The van der Waals surface area contributed by atoms with Gasteiger partial charge in [-0.2, -0.15) is 0 Å². The minimum atomic E-state index is -1.87. The average molecular weight is 965 g/mol. The van der Waals surface area contributed by atoms with Crippen LogP contribution in [0.3, 0.4) is 0 Å². The summed E-state index contributed by atoms with van der Waals surface area (Å²) >= 11 is 0. The van der Waals surface area contributed by atoms with Crippen molar-refractivity contribution < 1.29 is 104 Å². The van der Waals surface area contributed by atoms with Gasteiger partial charge in [-0.25, -0.2) is 0 Å². The van der Waals surface area contributed by atoms with Crippen molar-refractivity contribution in [2.45, 2.75) is 214 Å². The topological polar surface area (TPSA) is 326 Å². The van der Waals surface area contributed by atoms with Gasteiger partial charge in [0.05, 0.1) is 38.1 Å². The van der Waals surface area contributed by atoms with Crippen LogP contribution in [-0.4, -0.2) is 223 Å². The summed E-state index contributed by atoms with van der Waals surface area (Å²) in [4.78, 5) is 0.